The van der Waals surface area contributed by atoms with E-state index in [1.807, 2.05) is 6.07 Å². The number of carbonyl (C=O) groups is 1. The van der Waals surface area contributed by atoms with E-state index in [0.29, 0.717) is 15.5 Å². The number of nitrogens with two attached hydrogens (primary N) is 1. The van der Waals surface area contributed by atoms with Gasteiger partial charge in [0.15, 0.2) is 0 Å². The summed E-state index contributed by atoms with van der Waals surface area (Å²) in [6.45, 7) is 3.61. The van der Waals surface area contributed by atoms with E-state index in [9.17, 15) is 4.79 Å². The van der Waals surface area contributed by atoms with Gasteiger partial charge in [-0.05, 0) is 19.9 Å². The lowest BCUT2D eigenvalue weighted by molar-refractivity contribution is 0.0528. The number of anilines is 1. The molecule has 0 fully saturated rings. The zero-order valence-electron chi connectivity index (χ0n) is 9.41. The van der Waals surface area contributed by atoms with Crippen LogP contribution < -0.4 is 5.73 Å². The minimum absolute atomic E-state index is 0.176. The number of halogens is 1. The summed E-state index contributed by atoms with van der Waals surface area (Å²) in [5, 5.41) is 9.21. The quantitative estimate of drug-likeness (QED) is 0.676. The molecule has 1 rings (SSSR count). The Hall–Kier alpha value is -1.51. The molecule has 0 saturated carbocycles. The Morgan fingerprint density at radius 3 is 2.88 bits per heavy atom. The van der Waals surface area contributed by atoms with Crippen LogP contribution in [0.3, 0.4) is 0 Å². The first-order valence-corrected chi connectivity index (χ1v) is 6.04. The van der Waals surface area contributed by atoms with Gasteiger partial charge < -0.3 is 10.5 Å². The number of nitrogens with zero attached hydrogens (tertiary/aromatic N) is 1. The molecule has 0 saturated heterocycles. The van der Waals surface area contributed by atoms with Crippen molar-refractivity contribution in [3.63, 3.8) is 0 Å². The molecular weight excluding hydrogens is 260 g/mol. The Labute approximate surface area is 108 Å². The first kappa shape index (κ1) is 13.6. The van der Waals surface area contributed by atoms with Gasteiger partial charge in [-0.1, -0.05) is 11.6 Å². The molecule has 0 bridgehead atoms. The second-order valence-electron chi connectivity index (χ2n) is 3.18. The van der Waals surface area contributed by atoms with Crippen LogP contribution in [0.1, 0.15) is 29.1 Å². The molecule has 4 nitrogen and oxygen atoms in total. The maximum absolute atomic E-state index is 11.6. The van der Waals surface area contributed by atoms with E-state index >= 15 is 0 Å². The fraction of sp³-hybridized carbons (Fsp3) is 0.273. The van der Waals surface area contributed by atoms with Crippen LogP contribution in [0.5, 0.6) is 0 Å². The number of carbonyl (C=O) groups excluding carboxylic acids is 1. The van der Waals surface area contributed by atoms with Gasteiger partial charge in [-0.3, -0.25) is 0 Å². The highest BCUT2D eigenvalue weighted by molar-refractivity contribution is 7.17. The standard InChI is InChI=1S/C11H11ClN2O2S/c1-3-16-11(15)8-9(12)7(17-10(8)14)4-6(2)5-13/h4H,3,14H2,1-2H3/b6-4-. The Morgan fingerprint density at radius 2 is 2.35 bits per heavy atom. The number of allylic oxidation sites excluding steroid dienone is 1. The molecule has 0 aliphatic heterocycles. The second kappa shape index (κ2) is 5.71. The molecular formula is C11H11ClN2O2S. The summed E-state index contributed by atoms with van der Waals surface area (Å²) in [7, 11) is 0. The first-order valence-electron chi connectivity index (χ1n) is 4.84. The first-order chi connectivity index (χ1) is 8.01. The zero-order valence-corrected chi connectivity index (χ0v) is 11.0. The van der Waals surface area contributed by atoms with E-state index in [1.54, 1.807) is 19.9 Å². The molecule has 17 heavy (non-hydrogen) atoms. The molecule has 0 aliphatic rings. The molecule has 1 heterocycles. The smallest absolute Gasteiger partial charge is 0.342 e. The molecule has 0 aliphatic carbocycles. The lowest BCUT2D eigenvalue weighted by Crippen LogP contribution is -2.06. The van der Waals surface area contributed by atoms with Gasteiger partial charge in [0, 0.05) is 10.5 Å². The topological polar surface area (TPSA) is 76.1 Å². The van der Waals surface area contributed by atoms with Gasteiger partial charge in [-0.2, -0.15) is 5.26 Å². The summed E-state index contributed by atoms with van der Waals surface area (Å²) in [6.07, 6.45) is 1.59. The van der Waals surface area contributed by atoms with Crippen LogP contribution in [0.4, 0.5) is 5.00 Å². The average molecular weight is 271 g/mol. The summed E-state index contributed by atoms with van der Waals surface area (Å²) >= 11 is 7.19. The fourth-order valence-electron chi connectivity index (χ4n) is 1.16. The number of hydrogen-bond acceptors (Lipinski definition) is 5. The lowest BCUT2D eigenvalue weighted by atomic mass is 10.2. The van der Waals surface area contributed by atoms with Crippen LogP contribution in [0.25, 0.3) is 6.08 Å². The van der Waals surface area contributed by atoms with Gasteiger partial charge in [0.25, 0.3) is 0 Å². The van der Waals surface area contributed by atoms with Gasteiger partial charge in [-0.25, -0.2) is 4.79 Å². The van der Waals surface area contributed by atoms with Gasteiger partial charge in [0.05, 0.1) is 17.7 Å². The van der Waals surface area contributed by atoms with Crippen molar-refractivity contribution in [1.29, 1.82) is 5.26 Å². The van der Waals surface area contributed by atoms with Crippen LogP contribution >= 0.6 is 22.9 Å². The van der Waals surface area contributed by atoms with E-state index in [-0.39, 0.29) is 17.2 Å². The van der Waals surface area contributed by atoms with Crippen LogP contribution in [0.2, 0.25) is 5.02 Å². The van der Waals surface area contributed by atoms with Crippen molar-refractivity contribution in [2.75, 3.05) is 12.3 Å². The third-order valence-electron chi connectivity index (χ3n) is 1.91. The Morgan fingerprint density at radius 1 is 1.71 bits per heavy atom. The highest BCUT2D eigenvalue weighted by atomic mass is 35.5. The van der Waals surface area contributed by atoms with Crippen molar-refractivity contribution >= 4 is 40.0 Å². The summed E-state index contributed by atoms with van der Waals surface area (Å²) in [5.41, 5.74) is 6.38. The minimum atomic E-state index is -0.541. The monoisotopic (exact) mass is 270 g/mol. The van der Waals surface area contributed by atoms with Crippen molar-refractivity contribution in [3.05, 3.63) is 21.0 Å². The van der Waals surface area contributed by atoms with Crippen LogP contribution in [-0.2, 0) is 4.74 Å². The number of thiophene rings is 1. The minimum Gasteiger partial charge on any atom is -0.462 e. The predicted octanol–water partition coefficient (Wildman–Crippen LogP) is 3.09. The van der Waals surface area contributed by atoms with E-state index < -0.39 is 5.97 Å². The molecule has 0 spiro atoms. The van der Waals surface area contributed by atoms with Crippen molar-refractivity contribution in [1.82, 2.24) is 0 Å². The van der Waals surface area contributed by atoms with Gasteiger partial charge >= 0.3 is 5.97 Å². The maximum Gasteiger partial charge on any atom is 0.342 e. The highest BCUT2D eigenvalue weighted by Gasteiger charge is 2.21. The Bertz CT molecular complexity index is 514. The molecule has 1 aromatic heterocycles. The normalized spacial score (nSPS) is 11.1. The Balaban J connectivity index is 3.20. The number of hydrogen-bond donors (Lipinski definition) is 1. The summed E-state index contributed by atoms with van der Waals surface area (Å²) < 4.78 is 4.85. The fourth-order valence-corrected chi connectivity index (χ4v) is 2.52. The van der Waals surface area contributed by atoms with Crippen LogP contribution in [0, 0.1) is 11.3 Å². The largest absolute Gasteiger partial charge is 0.462 e. The number of ether oxygens (including phenoxy) is 1. The number of nitriles is 1. The van der Waals surface area contributed by atoms with Crippen molar-refractivity contribution in [2.45, 2.75) is 13.8 Å². The maximum atomic E-state index is 11.6. The van der Waals surface area contributed by atoms with Gasteiger partial charge in [0.1, 0.15) is 10.6 Å². The van der Waals surface area contributed by atoms with E-state index in [0.717, 1.165) is 11.3 Å². The highest BCUT2D eigenvalue weighted by Crippen LogP contribution is 2.37. The SMILES string of the molecule is CCOC(=O)c1c(N)sc(/C=C(/C)C#N)c1Cl. The van der Waals surface area contributed by atoms with Crippen molar-refractivity contribution < 1.29 is 9.53 Å². The zero-order chi connectivity index (χ0) is 13.0. The Kier molecular flexibility index (Phi) is 4.55. The van der Waals surface area contributed by atoms with Gasteiger partial charge in [0.2, 0.25) is 0 Å². The number of esters is 1. The third kappa shape index (κ3) is 2.99. The molecule has 0 aromatic carbocycles. The van der Waals surface area contributed by atoms with Crippen molar-refractivity contribution in [3.8, 4) is 6.07 Å². The number of nitrogen functional groups attached to an aromatic ring is 1. The molecule has 0 amide bonds. The van der Waals surface area contributed by atoms with E-state index in [2.05, 4.69) is 0 Å². The number of rotatable bonds is 3. The van der Waals surface area contributed by atoms with E-state index in [1.165, 1.54) is 0 Å². The van der Waals surface area contributed by atoms with E-state index in [4.69, 9.17) is 27.3 Å². The summed E-state index contributed by atoms with van der Waals surface area (Å²) in [4.78, 5) is 12.2. The van der Waals surface area contributed by atoms with Crippen molar-refractivity contribution in [2.24, 2.45) is 0 Å². The summed E-state index contributed by atoms with van der Waals surface area (Å²) in [6, 6.07) is 1.98. The molecule has 90 valence electrons. The molecule has 0 radical (unpaired) electrons. The third-order valence-corrected chi connectivity index (χ3v) is 3.38. The molecule has 6 heteroatoms. The molecule has 2 N–H and O–H groups in total. The predicted molar refractivity (Wildman–Crippen MR) is 69.0 cm³/mol. The van der Waals surface area contributed by atoms with Crippen LogP contribution in [0.15, 0.2) is 5.57 Å². The summed E-state index contributed by atoms with van der Waals surface area (Å²) in [5.74, 6) is -0.541. The van der Waals surface area contributed by atoms with Crippen LogP contribution in [-0.4, -0.2) is 12.6 Å². The molecule has 0 atom stereocenters. The molecule has 1 aromatic rings. The molecule has 0 unspecified atom stereocenters. The second-order valence-corrected chi connectivity index (χ2v) is 4.64. The average Bonchev–Trinajstić information content (AvgIpc) is 2.54. The van der Waals surface area contributed by atoms with Gasteiger partial charge in [-0.15, -0.1) is 11.3 Å². The lowest BCUT2D eigenvalue weighted by Gasteiger charge is -2.00.